The second-order valence-corrected chi connectivity index (χ2v) is 5.45. The molecule has 0 saturated heterocycles. The van der Waals surface area contributed by atoms with Gasteiger partial charge in [0.15, 0.2) is 0 Å². The molecule has 0 heterocycles. The average molecular weight is 272 g/mol. The van der Waals surface area contributed by atoms with Crippen LogP contribution in [0.2, 0.25) is 0 Å². The molecule has 0 saturated carbocycles. The summed E-state index contributed by atoms with van der Waals surface area (Å²) in [4.78, 5) is 0. The molecule has 0 aliphatic heterocycles. The van der Waals surface area contributed by atoms with Gasteiger partial charge < -0.3 is 0 Å². The van der Waals surface area contributed by atoms with Crippen LogP contribution >= 0.6 is 0 Å². The summed E-state index contributed by atoms with van der Waals surface area (Å²) in [5, 5.41) is 0. The van der Waals surface area contributed by atoms with Crippen LogP contribution < -0.4 is 0 Å². The molecule has 0 heteroatoms. The fourth-order valence-electron chi connectivity index (χ4n) is 3.02. The fraction of sp³-hybridized carbons (Fsp3) is 0.143. The molecule has 3 rings (SSSR count). The Morgan fingerprint density at radius 2 is 1.86 bits per heavy atom. The van der Waals surface area contributed by atoms with Crippen LogP contribution in [0.4, 0.5) is 0 Å². The summed E-state index contributed by atoms with van der Waals surface area (Å²) >= 11 is 0. The summed E-state index contributed by atoms with van der Waals surface area (Å²) < 4.78 is 0. The Hall–Kier alpha value is -2.34. The van der Waals surface area contributed by atoms with Gasteiger partial charge in [-0.3, -0.25) is 0 Å². The normalized spacial score (nSPS) is 13.9. The first-order valence-electron chi connectivity index (χ1n) is 7.49. The second kappa shape index (κ2) is 5.97. The molecule has 0 aromatic heterocycles. The van der Waals surface area contributed by atoms with Gasteiger partial charge in [0.1, 0.15) is 0 Å². The molecule has 0 spiro atoms. The van der Waals surface area contributed by atoms with E-state index in [1.165, 1.54) is 33.4 Å². The van der Waals surface area contributed by atoms with Crippen molar-refractivity contribution in [3.63, 3.8) is 0 Å². The zero-order valence-electron chi connectivity index (χ0n) is 12.5. The lowest BCUT2D eigenvalue weighted by molar-refractivity contribution is 0.984. The topological polar surface area (TPSA) is 0 Å². The van der Waals surface area contributed by atoms with Crippen LogP contribution in [-0.2, 0) is 6.42 Å². The van der Waals surface area contributed by atoms with Crippen molar-refractivity contribution in [1.82, 2.24) is 0 Å². The number of fused-ring (bicyclic) bond motifs is 1. The summed E-state index contributed by atoms with van der Waals surface area (Å²) in [5.41, 5.74) is 7.94. The number of hydrogen-bond donors (Lipinski definition) is 0. The van der Waals surface area contributed by atoms with Crippen LogP contribution in [0.25, 0.3) is 11.6 Å². The maximum absolute atomic E-state index is 3.90. The van der Waals surface area contributed by atoms with E-state index in [-0.39, 0.29) is 0 Å². The van der Waals surface area contributed by atoms with Crippen molar-refractivity contribution in [3.8, 4) is 0 Å². The van der Waals surface area contributed by atoms with Gasteiger partial charge in [-0.1, -0.05) is 73.3 Å². The Bertz CT molecular complexity index is 729. The zero-order valence-corrected chi connectivity index (χ0v) is 12.5. The second-order valence-electron chi connectivity index (χ2n) is 5.45. The van der Waals surface area contributed by atoms with E-state index in [1.54, 1.807) is 0 Å². The molecule has 1 aliphatic rings. The molecule has 104 valence electrons. The van der Waals surface area contributed by atoms with Crippen molar-refractivity contribution in [2.75, 3.05) is 0 Å². The minimum absolute atomic E-state index is 1.13. The van der Waals surface area contributed by atoms with Crippen molar-refractivity contribution in [2.45, 2.75) is 19.8 Å². The lowest BCUT2D eigenvalue weighted by atomic mass is 9.86. The molecule has 0 radical (unpaired) electrons. The summed E-state index contributed by atoms with van der Waals surface area (Å²) in [6.45, 7) is 6.06. The van der Waals surface area contributed by atoms with E-state index in [0.717, 1.165) is 12.8 Å². The summed E-state index contributed by atoms with van der Waals surface area (Å²) in [6, 6.07) is 15.2. The van der Waals surface area contributed by atoms with E-state index in [4.69, 9.17) is 0 Å². The highest BCUT2D eigenvalue weighted by atomic mass is 14.2. The number of hydrogen-bond acceptors (Lipinski definition) is 0. The van der Waals surface area contributed by atoms with Gasteiger partial charge in [-0.2, -0.15) is 0 Å². The molecular weight excluding hydrogens is 252 g/mol. The van der Waals surface area contributed by atoms with Crippen LogP contribution in [0.15, 0.2) is 67.3 Å². The van der Waals surface area contributed by atoms with Crippen LogP contribution in [0.1, 0.15) is 34.2 Å². The summed E-state index contributed by atoms with van der Waals surface area (Å²) in [5.74, 6) is 0. The molecule has 0 amide bonds. The van der Waals surface area contributed by atoms with Gasteiger partial charge in [0.05, 0.1) is 0 Å². The Morgan fingerprint density at radius 3 is 2.67 bits per heavy atom. The molecule has 21 heavy (non-hydrogen) atoms. The zero-order chi connectivity index (χ0) is 14.7. The molecule has 0 unspecified atom stereocenters. The maximum atomic E-state index is 3.90. The van der Waals surface area contributed by atoms with Crippen molar-refractivity contribution < 1.29 is 0 Å². The first-order valence-corrected chi connectivity index (χ1v) is 7.49. The van der Waals surface area contributed by atoms with Gasteiger partial charge in [-0.15, -0.1) is 0 Å². The van der Waals surface area contributed by atoms with Gasteiger partial charge in [0.25, 0.3) is 0 Å². The number of allylic oxidation sites excluding steroid dienone is 3. The Labute approximate surface area is 127 Å². The highest BCUT2D eigenvalue weighted by Gasteiger charge is 2.14. The van der Waals surface area contributed by atoms with Crippen LogP contribution in [0.3, 0.4) is 0 Å². The Morgan fingerprint density at radius 1 is 1.05 bits per heavy atom. The quantitative estimate of drug-likeness (QED) is 0.640. The first-order chi connectivity index (χ1) is 10.3. The number of rotatable bonds is 3. The third-order valence-corrected chi connectivity index (χ3v) is 4.07. The minimum atomic E-state index is 1.13. The third kappa shape index (κ3) is 2.62. The fourth-order valence-corrected chi connectivity index (χ4v) is 3.02. The molecule has 0 N–H and O–H groups in total. The molecule has 1 aliphatic carbocycles. The third-order valence-electron chi connectivity index (χ3n) is 4.07. The van der Waals surface area contributed by atoms with E-state index < -0.39 is 0 Å². The van der Waals surface area contributed by atoms with Gasteiger partial charge >= 0.3 is 0 Å². The molecule has 2 aromatic carbocycles. The summed E-state index contributed by atoms with van der Waals surface area (Å²) in [6.07, 6.45) is 10.8. The van der Waals surface area contributed by atoms with Gasteiger partial charge in [-0.05, 0) is 53.2 Å². The van der Waals surface area contributed by atoms with E-state index in [1.807, 2.05) is 6.08 Å². The smallest absolute Gasteiger partial charge is 0.0103 e. The summed E-state index contributed by atoms with van der Waals surface area (Å²) in [7, 11) is 0. The van der Waals surface area contributed by atoms with Crippen molar-refractivity contribution >= 4 is 11.6 Å². The molecule has 0 atom stereocenters. The van der Waals surface area contributed by atoms with Crippen LogP contribution in [-0.4, -0.2) is 0 Å². The van der Waals surface area contributed by atoms with E-state index in [0.29, 0.717) is 0 Å². The van der Waals surface area contributed by atoms with Crippen LogP contribution in [0.5, 0.6) is 0 Å². The molecule has 0 bridgehead atoms. The number of benzene rings is 2. The highest BCUT2D eigenvalue weighted by Crippen LogP contribution is 2.33. The number of aryl methyl sites for hydroxylation is 2. The van der Waals surface area contributed by atoms with Crippen molar-refractivity contribution in [1.29, 1.82) is 0 Å². The molecular formula is C21H20. The minimum Gasteiger partial charge on any atom is -0.0990 e. The van der Waals surface area contributed by atoms with Crippen molar-refractivity contribution in [3.05, 3.63) is 95.1 Å². The standard InChI is InChI=1S/C21H20/c1-3-9-20(18-13-6-4-10-16(18)2)21-15-8-12-17-11-5-7-14-19(17)21/h3-4,6-10,12-15H,1,5,11H2,2H3/b20-9+. The van der Waals surface area contributed by atoms with Crippen LogP contribution in [0, 0.1) is 6.92 Å². The molecule has 2 aromatic rings. The predicted octanol–water partition coefficient (Wildman–Crippen LogP) is 5.57. The first kappa shape index (κ1) is 13.6. The molecule has 0 nitrogen and oxygen atoms in total. The maximum Gasteiger partial charge on any atom is -0.0103 e. The monoisotopic (exact) mass is 272 g/mol. The van der Waals surface area contributed by atoms with Gasteiger partial charge in [0, 0.05) is 0 Å². The Balaban J connectivity index is 2.21. The van der Waals surface area contributed by atoms with E-state index in [9.17, 15) is 0 Å². The Kier molecular flexibility index (Phi) is 3.87. The lowest BCUT2D eigenvalue weighted by Gasteiger charge is -2.18. The van der Waals surface area contributed by atoms with E-state index in [2.05, 4.69) is 74.2 Å². The average Bonchev–Trinajstić information content (AvgIpc) is 2.53. The van der Waals surface area contributed by atoms with Gasteiger partial charge in [-0.25, -0.2) is 0 Å². The lowest BCUT2D eigenvalue weighted by Crippen LogP contribution is -2.00. The predicted molar refractivity (Wildman–Crippen MR) is 92.3 cm³/mol. The largest absolute Gasteiger partial charge is 0.0990 e. The van der Waals surface area contributed by atoms with Crippen molar-refractivity contribution in [2.24, 2.45) is 0 Å². The highest BCUT2D eigenvalue weighted by molar-refractivity contribution is 5.87. The van der Waals surface area contributed by atoms with E-state index >= 15 is 0 Å². The van der Waals surface area contributed by atoms with Gasteiger partial charge in [0.2, 0.25) is 0 Å². The molecule has 0 fully saturated rings. The SMILES string of the molecule is C=C/C=C(\c1ccccc1C)c1cccc2c1C=CCC2.